The van der Waals surface area contributed by atoms with Crippen LogP contribution in [0, 0.1) is 5.41 Å². The summed E-state index contributed by atoms with van der Waals surface area (Å²) in [6.45, 7) is 1.70. The number of rotatable bonds is 10. The molecule has 0 radical (unpaired) electrons. The van der Waals surface area contributed by atoms with Crippen LogP contribution in [0.2, 0.25) is 0 Å². The van der Waals surface area contributed by atoms with E-state index in [4.69, 9.17) is 16.9 Å². The molecule has 2 rings (SSSR count). The van der Waals surface area contributed by atoms with E-state index in [0.717, 1.165) is 19.3 Å². The van der Waals surface area contributed by atoms with Crippen molar-refractivity contribution in [3.63, 3.8) is 0 Å². The lowest BCUT2D eigenvalue weighted by Crippen LogP contribution is -2.66. The molecule has 9 N–H and O–H groups in total. The molecule has 11 nitrogen and oxygen atoms in total. The van der Waals surface area contributed by atoms with Crippen LogP contribution in [-0.2, 0) is 19.2 Å². The van der Waals surface area contributed by atoms with Crippen LogP contribution in [0.4, 0.5) is 0 Å². The fourth-order valence-corrected chi connectivity index (χ4v) is 4.11. The zero-order valence-corrected chi connectivity index (χ0v) is 17.4. The standard InChI is InChI=1S/C19H33N7O4/c1-12(27)25-19(9-5-10-19)16(30)24-13(6-4-11-23-17(21)22)14(28)26-18(15(20)29)7-2-3-8-18/h13H,2-11H2,1H3,(H2,20,29)(H,24,30)(H,25,27)(H,26,28)(H4,21,22,23)/t13-/m0/s1. The van der Waals surface area contributed by atoms with Crippen molar-refractivity contribution in [2.24, 2.45) is 11.5 Å². The van der Waals surface area contributed by atoms with Gasteiger partial charge in [0.15, 0.2) is 5.96 Å². The topological polar surface area (TPSA) is 192 Å². The first-order valence-corrected chi connectivity index (χ1v) is 10.4. The van der Waals surface area contributed by atoms with E-state index in [1.165, 1.54) is 6.92 Å². The summed E-state index contributed by atoms with van der Waals surface area (Å²) in [6.07, 6.45) is 5.04. The lowest BCUT2D eigenvalue weighted by atomic mass is 9.75. The fourth-order valence-electron chi connectivity index (χ4n) is 4.11. The van der Waals surface area contributed by atoms with E-state index in [1.54, 1.807) is 0 Å². The zero-order chi connectivity index (χ0) is 22.4. The maximum absolute atomic E-state index is 13.0. The van der Waals surface area contributed by atoms with Crippen molar-refractivity contribution in [1.29, 1.82) is 5.41 Å². The van der Waals surface area contributed by atoms with Gasteiger partial charge in [-0.15, -0.1) is 0 Å². The molecule has 168 valence electrons. The van der Waals surface area contributed by atoms with Crippen molar-refractivity contribution >= 4 is 29.6 Å². The molecule has 1 atom stereocenters. The number of amides is 4. The van der Waals surface area contributed by atoms with Crippen LogP contribution in [0.15, 0.2) is 0 Å². The number of guanidine groups is 1. The minimum atomic E-state index is -1.09. The molecule has 0 unspecified atom stereocenters. The maximum atomic E-state index is 13.0. The molecule has 0 heterocycles. The summed E-state index contributed by atoms with van der Waals surface area (Å²) in [5.74, 6) is -1.97. The normalized spacial score (nSPS) is 19.6. The Balaban J connectivity index is 2.09. The summed E-state index contributed by atoms with van der Waals surface area (Å²) >= 11 is 0. The van der Waals surface area contributed by atoms with Gasteiger partial charge in [-0.25, -0.2) is 0 Å². The number of carbonyl (C=O) groups is 4. The SMILES string of the molecule is CC(=O)NC1(C(=O)N[C@@H](CCCNC(=N)N)C(=O)NC2(C(N)=O)CCCC2)CCC1. The van der Waals surface area contributed by atoms with Crippen molar-refractivity contribution < 1.29 is 19.2 Å². The van der Waals surface area contributed by atoms with E-state index in [1.807, 2.05) is 0 Å². The smallest absolute Gasteiger partial charge is 0.246 e. The molecular weight excluding hydrogens is 390 g/mol. The Morgan fingerprint density at radius 3 is 2.03 bits per heavy atom. The predicted octanol–water partition coefficient (Wildman–Crippen LogP) is -1.29. The third kappa shape index (κ3) is 5.61. The number of nitrogens with two attached hydrogens (primary N) is 2. The van der Waals surface area contributed by atoms with Crippen LogP contribution in [0.25, 0.3) is 0 Å². The van der Waals surface area contributed by atoms with Gasteiger partial charge in [0.25, 0.3) is 0 Å². The lowest BCUT2D eigenvalue weighted by Gasteiger charge is -2.41. The van der Waals surface area contributed by atoms with Crippen LogP contribution in [0.5, 0.6) is 0 Å². The minimum absolute atomic E-state index is 0.183. The van der Waals surface area contributed by atoms with Gasteiger partial charge in [-0.2, -0.15) is 0 Å². The highest BCUT2D eigenvalue weighted by atomic mass is 16.2. The van der Waals surface area contributed by atoms with Crippen molar-refractivity contribution in [1.82, 2.24) is 21.3 Å². The summed E-state index contributed by atoms with van der Waals surface area (Å²) in [5.41, 5.74) is 8.73. The largest absolute Gasteiger partial charge is 0.370 e. The van der Waals surface area contributed by atoms with Gasteiger partial charge in [-0.1, -0.05) is 12.8 Å². The Morgan fingerprint density at radius 2 is 1.57 bits per heavy atom. The molecule has 0 aliphatic heterocycles. The Kier molecular flexibility index (Phi) is 7.63. The Labute approximate surface area is 176 Å². The van der Waals surface area contributed by atoms with Crippen molar-refractivity contribution in [2.45, 2.75) is 81.8 Å². The first-order valence-electron chi connectivity index (χ1n) is 10.4. The minimum Gasteiger partial charge on any atom is -0.370 e. The summed E-state index contributed by atoms with van der Waals surface area (Å²) in [4.78, 5) is 49.5. The number of hydrogen-bond donors (Lipinski definition) is 7. The Hall–Kier alpha value is -2.85. The molecular formula is C19H33N7O4. The van der Waals surface area contributed by atoms with Crippen LogP contribution < -0.4 is 32.7 Å². The maximum Gasteiger partial charge on any atom is 0.246 e. The number of nitrogens with one attached hydrogen (secondary N) is 5. The molecule has 30 heavy (non-hydrogen) atoms. The van der Waals surface area contributed by atoms with Gasteiger partial charge >= 0.3 is 0 Å². The highest BCUT2D eigenvalue weighted by molar-refractivity contribution is 5.97. The fraction of sp³-hybridized carbons (Fsp3) is 0.737. The van der Waals surface area contributed by atoms with E-state index < -0.39 is 34.8 Å². The van der Waals surface area contributed by atoms with Crippen molar-refractivity contribution in [3.8, 4) is 0 Å². The quantitative estimate of drug-likeness (QED) is 0.130. The van der Waals surface area contributed by atoms with E-state index in [9.17, 15) is 19.2 Å². The summed E-state index contributed by atoms with van der Waals surface area (Å²) in [5, 5.41) is 18.1. The van der Waals surface area contributed by atoms with Crippen LogP contribution in [0.1, 0.15) is 64.7 Å². The molecule has 11 heteroatoms. The van der Waals surface area contributed by atoms with Crippen molar-refractivity contribution in [3.05, 3.63) is 0 Å². The number of hydrogen-bond acceptors (Lipinski definition) is 5. The molecule has 4 amide bonds. The Morgan fingerprint density at radius 1 is 0.967 bits per heavy atom. The predicted molar refractivity (Wildman–Crippen MR) is 110 cm³/mol. The second kappa shape index (κ2) is 9.77. The van der Waals surface area contributed by atoms with Crippen molar-refractivity contribution in [2.75, 3.05) is 6.54 Å². The molecule has 0 spiro atoms. The monoisotopic (exact) mass is 423 g/mol. The van der Waals surface area contributed by atoms with Crippen LogP contribution in [-0.4, -0.2) is 53.3 Å². The molecule has 0 aromatic carbocycles. The molecule has 0 bridgehead atoms. The molecule has 0 aromatic heterocycles. The average Bonchev–Trinajstić information content (AvgIpc) is 3.10. The zero-order valence-electron chi connectivity index (χ0n) is 17.4. The highest BCUT2D eigenvalue weighted by Crippen LogP contribution is 2.32. The van der Waals surface area contributed by atoms with Gasteiger partial charge in [-0.3, -0.25) is 24.6 Å². The first-order chi connectivity index (χ1) is 14.1. The lowest BCUT2D eigenvalue weighted by molar-refractivity contribution is -0.140. The third-order valence-electron chi connectivity index (χ3n) is 5.96. The number of primary amides is 1. The van der Waals surface area contributed by atoms with Gasteiger partial charge in [0.1, 0.15) is 17.1 Å². The van der Waals surface area contributed by atoms with Crippen LogP contribution in [0.3, 0.4) is 0 Å². The van der Waals surface area contributed by atoms with Gasteiger partial charge < -0.3 is 32.7 Å². The molecule has 2 fully saturated rings. The molecule has 2 aliphatic carbocycles. The van der Waals surface area contributed by atoms with Gasteiger partial charge in [0.05, 0.1) is 0 Å². The van der Waals surface area contributed by atoms with Crippen LogP contribution >= 0.6 is 0 Å². The molecule has 0 aromatic rings. The Bertz CT molecular complexity index is 699. The third-order valence-corrected chi connectivity index (χ3v) is 5.96. The summed E-state index contributed by atoms with van der Waals surface area (Å²) in [7, 11) is 0. The summed E-state index contributed by atoms with van der Waals surface area (Å²) < 4.78 is 0. The second-order valence-corrected chi connectivity index (χ2v) is 8.27. The van der Waals surface area contributed by atoms with E-state index in [-0.39, 0.29) is 18.3 Å². The van der Waals surface area contributed by atoms with E-state index >= 15 is 0 Å². The first kappa shape index (κ1) is 23.4. The molecule has 2 aliphatic rings. The second-order valence-electron chi connectivity index (χ2n) is 8.27. The van der Waals surface area contributed by atoms with Gasteiger partial charge in [0, 0.05) is 13.5 Å². The van der Waals surface area contributed by atoms with Gasteiger partial charge in [0.2, 0.25) is 23.6 Å². The van der Waals surface area contributed by atoms with E-state index in [0.29, 0.717) is 38.6 Å². The number of carbonyl (C=O) groups excluding carboxylic acids is 4. The summed E-state index contributed by atoms with van der Waals surface area (Å²) in [6, 6.07) is -0.908. The molecule has 0 saturated heterocycles. The molecule has 2 saturated carbocycles. The van der Waals surface area contributed by atoms with Gasteiger partial charge in [-0.05, 0) is 44.9 Å². The van der Waals surface area contributed by atoms with E-state index in [2.05, 4.69) is 21.3 Å². The highest BCUT2D eigenvalue weighted by Gasteiger charge is 2.47. The average molecular weight is 424 g/mol.